The minimum Gasteiger partial charge on any atom is -0.468 e. The Labute approximate surface area is 88.9 Å². The van der Waals surface area contributed by atoms with E-state index in [1.54, 1.807) is 19.2 Å². The van der Waals surface area contributed by atoms with E-state index in [1.165, 1.54) is 7.11 Å². The third-order valence-corrected chi connectivity index (χ3v) is 2.22. The molecule has 2 atom stereocenters. The summed E-state index contributed by atoms with van der Waals surface area (Å²) in [5, 5.41) is 12.6. The van der Waals surface area contributed by atoms with Crippen LogP contribution in [-0.4, -0.2) is 31.3 Å². The minimum atomic E-state index is -0.899. The third-order valence-electron chi connectivity index (χ3n) is 2.22. The smallest absolute Gasteiger partial charge is 0.325 e. The van der Waals surface area contributed by atoms with Crippen LogP contribution < -0.4 is 5.32 Å². The number of aliphatic hydroxyl groups is 1. The SMILES string of the molecule is CNC(C(=O)OC)C(O)c1ccccc1. The van der Waals surface area contributed by atoms with Crippen molar-refractivity contribution in [1.29, 1.82) is 0 Å². The standard InChI is InChI=1S/C11H15NO3/c1-12-9(11(14)15-2)10(13)8-6-4-3-5-7-8/h3-7,9-10,12-13H,1-2H3. The molecule has 0 aliphatic heterocycles. The lowest BCUT2D eigenvalue weighted by atomic mass is 10.0. The fourth-order valence-electron chi connectivity index (χ4n) is 1.37. The summed E-state index contributed by atoms with van der Waals surface area (Å²) in [6, 6.07) is 8.25. The summed E-state index contributed by atoms with van der Waals surface area (Å²) >= 11 is 0. The molecule has 0 saturated heterocycles. The molecule has 1 aromatic rings. The first kappa shape index (κ1) is 11.7. The molecule has 1 aromatic carbocycles. The van der Waals surface area contributed by atoms with Crippen LogP contribution in [0.25, 0.3) is 0 Å². The summed E-state index contributed by atoms with van der Waals surface area (Å²) in [6.07, 6.45) is -0.899. The van der Waals surface area contributed by atoms with Gasteiger partial charge in [0.2, 0.25) is 0 Å². The van der Waals surface area contributed by atoms with Crippen molar-refractivity contribution in [2.75, 3.05) is 14.2 Å². The summed E-state index contributed by atoms with van der Waals surface area (Å²) in [4.78, 5) is 11.3. The highest BCUT2D eigenvalue weighted by molar-refractivity contribution is 5.76. The zero-order valence-electron chi connectivity index (χ0n) is 8.81. The van der Waals surface area contributed by atoms with Gasteiger partial charge < -0.3 is 15.2 Å². The molecule has 4 heteroatoms. The van der Waals surface area contributed by atoms with E-state index in [0.717, 1.165) is 0 Å². The predicted octanol–water partition coefficient (Wildman–Crippen LogP) is 0.481. The number of hydrogen-bond donors (Lipinski definition) is 2. The Morgan fingerprint density at radius 2 is 2.00 bits per heavy atom. The molecular formula is C11H15NO3. The quantitative estimate of drug-likeness (QED) is 0.708. The van der Waals surface area contributed by atoms with E-state index in [9.17, 15) is 9.90 Å². The van der Waals surface area contributed by atoms with Crippen LogP contribution in [0.2, 0.25) is 0 Å². The molecule has 0 aliphatic rings. The molecule has 4 nitrogen and oxygen atoms in total. The molecule has 0 bridgehead atoms. The first-order chi connectivity index (χ1) is 7.20. The summed E-state index contributed by atoms with van der Waals surface area (Å²) in [5.74, 6) is -0.478. The average Bonchev–Trinajstić information content (AvgIpc) is 2.30. The molecule has 0 radical (unpaired) electrons. The number of esters is 1. The van der Waals surface area contributed by atoms with Crippen molar-refractivity contribution in [2.45, 2.75) is 12.1 Å². The molecule has 1 rings (SSSR count). The Morgan fingerprint density at radius 3 is 2.47 bits per heavy atom. The van der Waals surface area contributed by atoms with E-state index in [-0.39, 0.29) is 0 Å². The average molecular weight is 209 g/mol. The zero-order valence-corrected chi connectivity index (χ0v) is 8.81. The largest absolute Gasteiger partial charge is 0.468 e. The number of rotatable bonds is 4. The highest BCUT2D eigenvalue weighted by Crippen LogP contribution is 2.16. The zero-order chi connectivity index (χ0) is 11.3. The topological polar surface area (TPSA) is 58.6 Å². The fourth-order valence-corrected chi connectivity index (χ4v) is 1.37. The van der Waals surface area contributed by atoms with Crippen molar-refractivity contribution in [2.24, 2.45) is 0 Å². The van der Waals surface area contributed by atoms with E-state index in [1.807, 2.05) is 18.2 Å². The van der Waals surface area contributed by atoms with Gasteiger partial charge in [-0.15, -0.1) is 0 Å². The molecule has 0 aromatic heterocycles. The highest BCUT2D eigenvalue weighted by atomic mass is 16.5. The Kier molecular flexibility index (Phi) is 4.27. The van der Waals surface area contributed by atoms with Crippen molar-refractivity contribution in [3.8, 4) is 0 Å². The van der Waals surface area contributed by atoms with Gasteiger partial charge >= 0.3 is 5.97 Å². The van der Waals surface area contributed by atoms with Crippen LogP contribution in [-0.2, 0) is 9.53 Å². The number of methoxy groups -OCH3 is 1. The third kappa shape index (κ3) is 2.78. The molecule has 0 saturated carbocycles. The van der Waals surface area contributed by atoms with E-state index in [0.29, 0.717) is 5.56 Å². The number of hydrogen-bond acceptors (Lipinski definition) is 4. The number of nitrogens with one attached hydrogen (secondary N) is 1. The molecule has 2 unspecified atom stereocenters. The Bertz CT molecular complexity index is 313. The number of likely N-dealkylation sites (N-methyl/N-ethyl adjacent to an activating group) is 1. The lowest BCUT2D eigenvalue weighted by Crippen LogP contribution is -2.40. The minimum absolute atomic E-state index is 0.478. The predicted molar refractivity (Wildman–Crippen MR) is 56.3 cm³/mol. The van der Waals surface area contributed by atoms with Crippen LogP contribution in [0, 0.1) is 0 Å². The van der Waals surface area contributed by atoms with Crippen molar-refractivity contribution in [3.63, 3.8) is 0 Å². The van der Waals surface area contributed by atoms with Gasteiger partial charge in [0.25, 0.3) is 0 Å². The molecule has 15 heavy (non-hydrogen) atoms. The van der Waals surface area contributed by atoms with Gasteiger partial charge in [0.05, 0.1) is 7.11 Å². The second kappa shape index (κ2) is 5.48. The summed E-state index contributed by atoms with van der Waals surface area (Å²) in [6.45, 7) is 0. The van der Waals surface area contributed by atoms with Crippen LogP contribution in [0.15, 0.2) is 30.3 Å². The van der Waals surface area contributed by atoms with Gasteiger partial charge in [-0.25, -0.2) is 0 Å². The first-order valence-electron chi connectivity index (χ1n) is 4.68. The van der Waals surface area contributed by atoms with E-state index < -0.39 is 18.1 Å². The monoisotopic (exact) mass is 209 g/mol. The normalized spacial score (nSPS) is 14.3. The van der Waals surface area contributed by atoms with Gasteiger partial charge in [-0.1, -0.05) is 30.3 Å². The summed E-state index contributed by atoms with van der Waals surface area (Å²) in [5.41, 5.74) is 0.683. The fraction of sp³-hybridized carbons (Fsp3) is 0.364. The Balaban J connectivity index is 2.82. The Morgan fingerprint density at radius 1 is 1.40 bits per heavy atom. The van der Waals surface area contributed by atoms with Crippen LogP contribution in [0.3, 0.4) is 0 Å². The lowest BCUT2D eigenvalue weighted by Gasteiger charge is -2.20. The van der Waals surface area contributed by atoms with E-state index in [4.69, 9.17) is 0 Å². The molecule has 0 heterocycles. The van der Waals surface area contributed by atoms with Crippen molar-refractivity contribution in [3.05, 3.63) is 35.9 Å². The summed E-state index contributed by atoms with van der Waals surface area (Å²) < 4.78 is 4.58. The Hall–Kier alpha value is -1.39. The molecule has 0 amide bonds. The van der Waals surface area contributed by atoms with Gasteiger partial charge in [0.1, 0.15) is 12.1 Å². The van der Waals surface area contributed by atoms with Gasteiger partial charge in [0.15, 0.2) is 0 Å². The van der Waals surface area contributed by atoms with Crippen molar-refractivity contribution in [1.82, 2.24) is 5.32 Å². The van der Waals surface area contributed by atoms with Crippen molar-refractivity contribution < 1.29 is 14.6 Å². The van der Waals surface area contributed by atoms with Gasteiger partial charge in [0, 0.05) is 0 Å². The van der Waals surface area contributed by atoms with Crippen LogP contribution in [0.5, 0.6) is 0 Å². The molecule has 82 valence electrons. The number of aliphatic hydroxyl groups excluding tert-OH is 1. The molecule has 2 N–H and O–H groups in total. The number of carbonyl (C=O) groups excluding carboxylic acids is 1. The van der Waals surface area contributed by atoms with Crippen LogP contribution in [0.1, 0.15) is 11.7 Å². The number of carbonyl (C=O) groups is 1. The van der Waals surface area contributed by atoms with Gasteiger partial charge in [-0.05, 0) is 12.6 Å². The van der Waals surface area contributed by atoms with Gasteiger partial charge in [-0.3, -0.25) is 4.79 Å². The molecular weight excluding hydrogens is 194 g/mol. The lowest BCUT2D eigenvalue weighted by molar-refractivity contribution is -0.146. The number of benzene rings is 1. The van der Waals surface area contributed by atoms with Crippen LogP contribution in [0.4, 0.5) is 0 Å². The highest BCUT2D eigenvalue weighted by Gasteiger charge is 2.26. The molecule has 0 spiro atoms. The maximum absolute atomic E-state index is 11.3. The summed E-state index contributed by atoms with van der Waals surface area (Å²) in [7, 11) is 2.90. The van der Waals surface area contributed by atoms with Crippen molar-refractivity contribution >= 4 is 5.97 Å². The molecule has 0 aliphatic carbocycles. The van der Waals surface area contributed by atoms with E-state index in [2.05, 4.69) is 10.1 Å². The second-order valence-corrected chi connectivity index (χ2v) is 3.15. The number of ether oxygens (including phenoxy) is 1. The molecule has 0 fully saturated rings. The second-order valence-electron chi connectivity index (χ2n) is 3.15. The first-order valence-corrected chi connectivity index (χ1v) is 4.68. The van der Waals surface area contributed by atoms with Crippen LogP contribution >= 0.6 is 0 Å². The van der Waals surface area contributed by atoms with E-state index >= 15 is 0 Å². The maximum atomic E-state index is 11.3. The maximum Gasteiger partial charge on any atom is 0.325 e. The van der Waals surface area contributed by atoms with Gasteiger partial charge in [-0.2, -0.15) is 0 Å².